The van der Waals surface area contributed by atoms with Gasteiger partial charge >= 0.3 is 0 Å². The van der Waals surface area contributed by atoms with Crippen molar-refractivity contribution >= 4 is 17.7 Å². The summed E-state index contributed by atoms with van der Waals surface area (Å²) < 4.78 is 25.8. The smallest absolute Gasteiger partial charge is 0.230 e. The number of nitrogens with two attached hydrogens (primary N) is 1. The lowest BCUT2D eigenvalue weighted by Gasteiger charge is -2.19. The largest absolute Gasteiger partial charge is 0.352 e. The lowest BCUT2D eigenvalue weighted by Crippen LogP contribution is -2.40. The zero-order valence-electron chi connectivity index (χ0n) is 11.1. The summed E-state index contributed by atoms with van der Waals surface area (Å²) >= 11 is 1.19. The SMILES string of the molecule is NCC1CCCC1NC(=O)CSc1ccc(F)c(F)c1. The van der Waals surface area contributed by atoms with E-state index < -0.39 is 11.6 Å². The van der Waals surface area contributed by atoms with Gasteiger partial charge < -0.3 is 11.1 Å². The normalized spacial score (nSPS) is 21.9. The topological polar surface area (TPSA) is 55.1 Å². The van der Waals surface area contributed by atoms with Gasteiger partial charge in [0, 0.05) is 10.9 Å². The highest BCUT2D eigenvalue weighted by Crippen LogP contribution is 2.25. The van der Waals surface area contributed by atoms with Crippen LogP contribution in [0.3, 0.4) is 0 Å². The quantitative estimate of drug-likeness (QED) is 0.820. The van der Waals surface area contributed by atoms with Gasteiger partial charge in [0.15, 0.2) is 11.6 Å². The van der Waals surface area contributed by atoms with Crippen LogP contribution in [0.15, 0.2) is 23.1 Å². The molecule has 1 fully saturated rings. The van der Waals surface area contributed by atoms with Gasteiger partial charge in [-0.3, -0.25) is 4.79 Å². The summed E-state index contributed by atoms with van der Waals surface area (Å²) in [5.41, 5.74) is 5.66. The fourth-order valence-electron chi connectivity index (χ4n) is 2.47. The predicted octanol–water partition coefficient (Wildman–Crippen LogP) is 2.30. The van der Waals surface area contributed by atoms with E-state index in [-0.39, 0.29) is 17.7 Å². The zero-order valence-corrected chi connectivity index (χ0v) is 11.9. The van der Waals surface area contributed by atoms with E-state index in [0.29, 0.717) is 17.4 Å². The number of nitrogens with one attached hydrogen (secondary N) is 1. The van der Waals surface area contributed by atoms with Gasteiger partial charge in [-0.05, 0) is 43.5 Å². The first-order valence-corrected chi connectivity index (χ1v) is 7.66. The minimum Gasteiger partial charge on any atom is -0.352 e. The number of benzene rings is 1. The molecule has 0 aliphatic heterocycles. The molecule has 110 valence electrons. The number of amides is 1. The molecule has 1 aromatic rings. The fraction of sp³-hybridized carbons (Fsp3) is 0.500. The molecule has 1 aliphatic carbocycles. The molecular weight excluding hydrogens is 282 g/mol. The summed E-state index contributed by atoms with van der Waals surface area (Å²) in [6.45, 7) is 0.585. The Morgan fingerprint density at radius 2 is 2.15 bits per heavy atom. The second kappa shape index (κ2) is 7.04. The highest BCUT2D eigenvalue weighted by molar-refractivity contribution is 8.00. The number of carbonyl (C=O) groups excluding carboxylic acids is 1. The highest BCUT2D eigenvalue weighted by atomic mass is 32.2. The van der Waals surface area contributed by atoms with E-state index in [1.165, 1.54) is 17.8 Å². The molecule has 2 rings (SSSR count). The summed E-state index contributed by atoms with van der Waals surface area (Å²) in [7, 11) is 0. The Balaban J connectivity index is 1.81. The van der Waals surface area contributed by atoms with Crippen molar-refractivity contribution in [2.75, 3.05) is 12.3 Å². The van der Waals surface area contributed by atoms with Gasteiger partial charge in [-0.1, -0.05) is 6.42 Å². The van der Waals surface area contributed by atoms with Crippen LogP contribution in [0.4, 0.5) is 8.78 Å². The Morgan fingerprint density at radius 3 is 2.85 bits per heavy atom. The van der Waals surface area contributed by atoms with Gasteiger partial charge in [-0.2, -0.15) is 0 Å². The van der Waals surface area contributed by atoms with Crippen molar-refractivity contribution < 1.29 is 13.6 Å². The number of thioether (sulfide) groups is 1. The predicted molar refractivity (Wildman–Crippen MR) is 75.4 cm³/mol. The molecule has 3 N–H and O–H groups in total. The molecule has 0 spiro atoms. The van der Waals surface area contributed by atoms with Crippen molar-refractivity contribution in [1.29, 1.82) is 0 Å². The average Bonchev–Trinajstić information content (AvgIpc) is 2.87. The molecule has 20 heavy (non-hydrogen) atoms. The third kappa shape index (κ3) is 3.93. The first-order chi connectivity index (χ1) is 9.60. The van der Waals surface area contributed by atoms with E-state index in [1.807, 2.05) is 0 Å². The molecule has 1 aliphatic rings. The average molecular weight is 300 g/mol. The standard InChI is InChI=1S/C14H18F2N2OS/c15-11-5-4-10(6-12(11)16)20-8-14(19)18-13-3-1-2-9(13)7-17/h4-6,9,13H,1-3,7-8,17H2,(H,18,19). The van der Waals surface area contributed by atoms with Gasteiger partial charge in [0.05, 0.1) is 5.75 Å². The lowest BCUT2D eigenvalue weighted by molar-refractivity contribution is -0.119. The molecular formula is C14H18F2N2OS. The zero-order chi connectivity index (χ0) is 14.5. The number of carbonyl (C=O) groups is 1. The summed E-state index contributed by atoms with van der Waals surface area (Å²) in [4.78, 5) is 12.4. The third-order valence-electron chi connectivity index (χ3n) is 3.57. The van der Waals surface area contributed by atoms with Crippen LogP contribution in [-0.4, -0.2) is 24.2 Å². The summed E-state index contributed by atoms with van der Waals surface area (Å²) in [5.74, 6) is -1.32. The Bertz CT molecular complexity index is 484. The van der Waals surface area contributed by atoms with E-state index in [2.05, 4.69) is 5.32 Å². The van der Waals surface area contributed by atoms with Crippen molar-refractivity contribution in [3.8, 4) is 0 Å². The Morgan fingerprint density at radius 1 is 1.35 bits per heavy atom. The number of rotatable bonds is 5. The van der Waals surface area contributed by atoms with E-state index in [1.54, 1.807) is 0 Å². The minimum atomic E-state index is -0.894. The van der Waals surface area contributed by atoms with Gasteiger partial charge in [0.2, 0.25) is 5.91 Å². The molecule has 1 saturated carbocycles. The second-order valence-corrected chi connectivity index (χ2v) is 6.01. The monoisotopic (exact) mass is 300 g/mol. The van der Waals surface area contributed by atoms with Gasteiger partial charge in [0.25, 0.3) is 0 Å². The lowest BCUT2D eigenvalue weighted by atomic mass is 10.0. The number of hydrogen-bond acceptors (Lipinski definition) is 3. The van der Waals surface area contributed by atoms with Crippen molar-refractivity contribution in [2.45, 2.75) is 30.2 Å². The molecule has 0 aromatic heterocycles. The molecule has 1 amide bonds. The van der Waals surface area contributed by atoms with Crippen LogP contribution in [0.25, 0.3) is 0 Å². The number of halogens is 2. The van der Waals surface area contributed by atoms with Crippen LogP contribution in [-0.2, 0) is 4.79 Å². The molecule has 1 aromatic carbocycles. The van der Waals surface area contributed by atoms with Gasteiger partial charge in [-0.25, -0.2) is 8.78 Å². The van der Waals surface area contributed by atoms with Crippen molar-refractivity contribution in [3.63, 3.8) is 0 Å². The minimum absolute atomic E-state index is 0.0925. The molecule has 2 atom stereocenters. The second-order valence-electron chi connectivity index (χ2n) is 4.97. The Labute approximate surface area is 121 Å². The molecule has 0 heterocycles. The highest BCUT2D eigenvalue weighted by Gasteiger charge is 2.27. The van der Waals surface area contributed by atoms with E-state index in [0.717, 1.165) is 31.4 Å². The van der Waals surface area contributed by atoms with Crippen LogP contribution >= 0.6 is 11.8 Å². The molecule has 6 heteroatoms. The van der Waals surface area contributed by atoms with Crippen LogP contribution in [0.2, 0.25) is 0 Å². The Kier molecular flexibility index (Phi) is 5.37. The van der Waals surface area contributed by atoms with Crippen LogP contribution in [0.1, 0.15) is 19.3 Å². The Hall–Kier alpha value is -1.14. The molecule has 0 bridgehead atoms. The van der Waals surface area contributed by atoms with Crippen molar-refractivity contribution in [2.24, 2.45) is 11.7 Å². The van der Waals surface area contributed by atoms with Crippen molar-refractivity contribution in [1.82, 2.24) is 5.32 Å². The first-order valence-electron chi connectivity index (χ1n) is 6.67. The maximum Gasteiger partial charge on any atom is 0.230 e. The van der Waals surface area contributed by atoms with E-state index in [9.17, 15) is 13.6 Å². The van der Waals surface area contributed by atoms with Gasteiger partial charge in [0.1, 0.15) is 0 Å². The van der Waals surface area contributed by atoms with E-state index >= 15 is 0 Å². The summed E-state index contributed by atoms with van der Waals surface area (Å²) in [6, 6.07) is 3.79. The fourth-order valence-corrected chi connectivity index (χ4v) is 3.21. The summed E-state index contributed by atoms with van der Waals surface area (Å²) in [6.07, 6.45) is 3.10. The summed E-state index contributed by atoms with van der Waals surface area (Å²) in [5, 5.41) is 2.97. The molecule has 0 saturated heterocycles. The van der Waals surface area contributed by atoms with Gasteiger partial charge in [-0.15, -0.1) is 11.8 Å². The maximum atomic E-state index is 13.0. The molecule has 3 nitrogen and oxygen atoms in total. The van der Waals surface area contributed by atoms with Crippen molar-refractivity contribution in [3.05, 3.63) is 29.8 Å². The van der Waals surface area contributed by atoms with Crippen LogP contribution in [0.5, 0.6) is 0 Å². The van der Waals surface area contributed by atoms with Crippen LogP contribution < -0.4 is 11.1 Å². The van der Waals surface area contributed by atoms with Crippen LogP contribution in [0, 0.1) is 17.6 Å². The maximum absolute atomic E-state index is 13.0. The number of hydrogen-bond donors (Lipinski definition) is 2. The molecule has 0 radical (unpaired) electrons. The third-order valence-corrected chi connectivity index (χ3v) is 4.56. The first kappa shape index (κ1) is 15.3. The van der Waals surface area contributed by atoms with E-state index in [4.69, 9.17) is 5.73 Å². The molecule has 2 unspecified atom stereocenters.